The molecule has 23 atom stereocenters. The predicted molar refractivity (Wildman–Crippen MR) is 452 cm³/mol. The highest BCUT2D eigenvalue weighted by molar-refractivity contribution is 7.86. The van der Waals surface area contributed by atoms with E-state index in [-0.39, 0.29) is 160 Å². The lowest BCUT2D eigenvalue weighted by molar-refractivity contribution is -0.361. The summed E-state index contributed by atoms with van der Waals surface area (Å²) in [6.07, 6.45) is -24.0. The van der Waals surface area contributed by atoms with E-state index in [2.05, 4.69) is 9.47 Å². The molecular weight excluding hydrogens is 2080 g/mol. The number of carbonyl (C=O) groups excluding carboxylic acids is 5. The number of carbonyl (C=O) groups is 5. The Morgan fingerprint density at radius 3 is 1.13 bits per heavy atom. The van der Waals surface area contributed by atoms with Gasteiger partial charge in [-0.25, -0.2) is 42.1 Å². The molecule has 0 N–H and O–H groups in total. The van der Waals surface area contributed by atoms with Crippen molar-refractivity contribution >= 4 is 80.4 Å². The number of epoxide rings is 5. The summed E-state index contributed by atoms with van der Waals surface area (Å²) in [5.41, 5.74) is -21.3. The molecule has 5 aliphatic heterocycles. The number of esters is 5. The molecule has 17 fully saturated rings. The topological polar surface area (TPSA) is 526 Å². The first-order chi connectivity index (χ1) is 62.9. The number of rotatable bonds is 42. The summed E-state index contributed by atoms with van der Waals surface area (Å²) < 4.78 is 477. The van der Waals surface area contributed by atoms with Gasteiger partial charge in [0.2, 0.25) is 22.4 Å². The summed E-state index contributed by atoms with van der Waals surface area (Å²) in [4.78, 5) is 61.9. The van der Waals surface area contributed by atoms with Crippen molar-refractivity contribution in [2.45, 2.75) is 282 Å². The van der Waals surface area contributed by atoms with Crippen molar-refractivity contribution in [2.24, 2.45) is 76.4 Å². The second-order valence-electron chi connectivity index (χ2n) is 39.6. The van der Waals surface area contributed by atoms with Crippen LogP contribution in [0.15, 0.2) is 0 Å². The average Bonchev–Trinajstić information content (AvgIpc) is 1.56. The Labute approximate surface area is 819 Å². The molecule has 23 unspecified atom stereocenters. The van der Waals surface area contributed by atoms with Crippen LogP contribution >= 0.6 is 0 Å². The summed E-state index contributed by atoms with van der Waals surface area (Å²) in [7, 11) is -27.1. The van der Waals surface area contributed by atoms with Crippen LogP contribution in [0, 0.1) is 114 Å². The van der Waals surface area contributed by atoms with E-state index in [1.165, 1.54) is 0 Å². The van der Waals surface area contributed by atoms with Gasteiger partial charge in [0.05, 0.1) is 180 Å². The smallest absolute Gasteiger partial charge is 0.438 e. The van der Waals surface area contributed by atoms with Crippen molar-refractivity contribution in [1.82, 2.24) is 0 Å². The largest absolute Gasteiger partial charge is 0.748 e. The van der Waals surface area contributed by atoms with E-state index >= 15 is 0 Å². The summed E-state index contributed by atoms with van der Waals surface area (Å²) in [6.45, 7) is 9.19. The van der Waals surface area contributed by atoms with Gasteiger partial charge in [0, 0.05) is 69.1 Å². The molecule has 12 aliphatic carbocycles. The molecule has 830 valence electrons. The maximum Gasteiger partial charge on any atom is 0.438 e. The Bertz CT molecular complexity index is 4810. The molecule has 12 bridgehead atoms. The van der Waals surface area contributed by atoms with Gasteiger partial charge >= 0.3 is 72.5 Å². The number of unbranched alkanes of at least 4 members (excludes halogenated alkanes) is 3. The van der Waals surface area contributed by atoms with Gasteiger partial charge in [-0.15, -0.1) is 0 Å². The van der Waals surface area contributed by atoms with E-state index in [1.807, 2.05) is 6.92 Å². The minimum absolute atomic E-state index is 0. The molecule has 0 amide bonds. The number of hydrogen-bond acceptors (Lipinski definition) is 35. The van der Waals surface area contributed by atoms with Gasteiger partial charge in [-0.3, -0.25) is 24.0 Å². The summed E-state index contributed by atoms with van der Waals surface area (Å²) >= 11 is 0. The molecule has 5 heterocycles. The second kappa shape index (κ2) is 47.2. The monoisotopic (exact) mass is 2210 g/mol. The van der Waals surface area contributed by atoms with Crippen molar-refractivity contribution in [2.75, 3.05) is 108 Å². The van der Waals surface area contributed by atoms with Crippen LogP contribution in [0.5, 0.6) is 0 Å². The number of hydrogen-bond donors (Lipinski definition) is 0. The van der Waals surface area contributed by atoms with E-state index in [1.54, 1.807) is 0 Å². The molecule has 17 aliphatic rings. The van der Waals surface area contributed by atoms with Crippen LogP contribution in [0.4, 0.5) is 79.0 Å². The molecule has 0 radical (unpaired) electrons. The van der Waals surface area contributed by atoms with E-state index in [0.29, 0.717) is 164 Å². The Kier molecular flexibility index (Phi) is 42.3. The highest BCUT2D eigenvalue weighted by Crippen LogP contribution is 2.66. The van der Waals surface area contributed by atoms with Gasteiger partial charge in [0.15, 0.2) is 0 Å². The zero-order valence-electron chi connectivity index (χ0n) is 79.9. The van der Waals surface area contributed by atoms with Crippen LogP contribution in [0.1, 0.15) is 169 Å². The lowest BCUT2D eigenvalue weighted by Crippen LogP contribution is -2.64. The SMILES string of the molecule is CC(CS(=O)(=O)[O-])(OC(=O)C12CC3CC(CC(OCC4CO4)(C3)C1)C2)C(F)(F)F.CC(CS(=O)(=O)[O-])(OC(=O)C1C2CC3CC(C2)C(OCC2CO2)C1C3)C(F)(F)F.CC(CS(=O)(=O)[O-])(OC(=O)CCCCOCC1CO1)C(F)(F)F.CC1(OCC2CO2)C2CC3CC(C2)C(C(=O)OC(C)(CS(=O)(=O)[O-])C(F)(F)F)C1C3.O=C(CCCCCOCC1CO1)OC(CS(=O)(=O)[O-])(C(F)(F)F)C(F)(F)F.[CH3+].[CH3+].[CH3+].[CH3+].[CH3+]. The fourth-order valence-corrected chi connectivity index (χ4v) is 25.6. The maximum absolute atomic E-state index is 13.6. The lowest BCUT2D eigenvalue weighted by Gasteiger charge is -2.62. The number of ether oxygens (including phenoxy) is 15. The fourth-order valence-electron chi connectivity index (χ4n) is 21.1. The third-order valence-electron chi connectivity index (χ3n) is 27.7. The standard InChI is InChI=1S/C19H27F3O7S.2C18H25F3O7S.C13H18F6O7S.C12H19F3O7S.5CH3/c1-17(19(20,21)22,9-30(24,25)26)29-16(23)15-11-3-10-4-12(6-11)18(2,14(15)5-10)28-8-13-7-27-13;1-15(18(19,20)21,10-29(23,24)25)28-14(22)16-3-11-2-12(4-16)6-17(5-11,9-16)27-8-13-7-26-13;1-17(18(19,20)21,8-29(23,24)25)28-16(22)14-10-2-9-3-11(5-10)15(13(14)4-9)27-7-12-6-26-12;14-12(15,16)11(13(17,18)19,8-27(21,22)23)26-10(20)4-2-1-3-5-24-6-9-7-25-9;1-11(12(13,14)15,8-23(17,18)19)22-10(16)4-2-3-5-20-6-9-7-21-9;;;;;/h10-15H,3-9H2,1-2H3,(H,24,25,26);11-13H,2-10H2,1H3,(H,23,24,25);9-15H,2-8H2,1H3,(H,23,24,25);9H,1-8H2,(H,21,22,23);9H,2-8H2,1H3,(H,17,18,19);5*1H3/q;;;;;5*+1/p-5. The quantitative estimate of drug-likeness (QED) is 0.0104. The fraction of sp³-hybridized carbons (Fsp3) is 0.882. The van der Waals surface area contributed by atoms with Crippen LogP contribution in [0.25, 0.3) is 0 Å². The van der Waals surface area contributed by atoms with Crippen molar-refractivity contribution in [3.05, 3.63) is 37.1 Å². The average molecular weight is 2210 g/mol. The number of alkyl halides is 18. The van der Waals surface area contributed by atoms with Gasteiger partial charge in [0.25, 0.3) is 0 Å². The Balaban J connectivity index is 0.000000313. The van der Waals surface area contributed by atoms with Crippen molar-refractivity contribution in [3.8, 4) is 0 Å². The number of halogens is 18. The molecular formula is C85H124F18O35S5. The Morgan fingerprint density at radius 2 is 0.720 bits per heavy atom. The Hall–Kier alpha value is -5.41. The molecule has 12 saturated carbocycles. The van der Waals surface area contributed by atoms with Crippen LogP contribution in [-0.4, -0.2) is 316 Å². The van der Waals surface area contributed by atoms with E-state index < -0.39 is 209 Å². The van der Waals surface area contributed by atoms with E-state index in [0.717, 1.165) is 44.9 Å². The first-order valence-electron chi connectivity index (χ1n) is 44.3. The van der Waals surface area contributed by atoms with E-state index in [4.69, 9.17) is 61.6 Å². The first-order valence-corrected chi connectivity index (χ1v) is 52.1. The van der Waals surface area contributed by atoms with Crippen molar-refractivity contribution in [3.63, 3.8) is 0 Å². The van der Waals surface area contributed by atoms with Gasteiger partial charge < -0.3 is 93.8 Å². The zero-order valence-corrected chi connectivity index (χ0v) is 84.0. The molecule has 58 heteroatoms. The summed E-state index contributed by atoms with van der Waals surface area (Å²) in [6, 6.07) is 0. The molecule has 5 saturated heterocycles. The molecule has 35 nitrogen and oxygen atoms in total. The predicted octanol–water partition coefficient (Wildman–Crippen LogP) is 11.4. The first kappa shape index (κ1) is 128. The van der Waals surface area contributed by atoms with Crippen molar-refractivity contribution < 1.29 is 239 Å². The zero-order chi connectivity index (χ0) is 103. The van der Waals surface area contributed by atoms with Gasteiger partial charge in [-0.05, 0) is 203 Å². The van der Waals surface area contributed by atoms with Crippen molar-refractivity contribution in [1.29, 1.82) is 0 Å². The highest BCUT2D eigenvalue weighted by atomic mass is 32.2. The summed E-state index contributed by atoms with van der Waals surface area (Å²) in [5, 5.41) is 0. The van der Waals surface area contributed by atoms with Gasteiger partial charge in [-0.1, -0.05) is 6.42 Å². The molecule has 143 heavy (non-hydrogen) atoms. The molecule has 0 spiro atoms. The minimum Gasteiger partial charge on any atom is -0.748 e. The molecule has 17 rings (SSSR count). The second-order valence-corrected chi connectivity index (χ2v) is 46.6. The van der Waals surface area contributed by atoms with Gasteiger partial charge in [0.1, 0.15) is 30.5 Å². The third-order valence-corrected chi connectivity index (χ3v) is 32.1. The lowest BCUT2D eigenvalue weighted by atomic mass is 9.46. The maximum atomic E-state index is 13.6. The van der Waals surface area contributed by atoms with Crippen LogP contribution < -0.4 is 0 Å². The van der Waals surface area contributed by atoms with Crippen LogP contribution in [-0.2, 0) is 146 Å². The Morgan fingerprint density at radius 1 is 0.364 bits per heavy atom. The molecule has 0 aromatic rings. The molecule has 0 aromatic heterocycles. The molecule has 0 aromatic carbocycles. The minimum atomic E-state index is -6.35. The van der Waals surface area contributed by atoms with E-state index in [9.17, 15) is 168 Å². The highest BCUT2D eigenvalue weighted by Gasteiger charge is 2.76. The normalized spacial score (nSPS) is 32.1. The van der Waals surface area contributed by atoms with Crippen LogP contribution in [0.3, 0.4) is 0 Å². The summed E-state index contributed by atoms with van der Waals surface area (Å²) in [5.74, 6) is -17.7. The third kappa shape index (κ3) is 34.8. The van der Waals surface area contributed by atoms with Gasteiger partial charge in [-0.2, -0.15) is 79.0 Å². The van der Waals surface area contributed by atoms with Crippen LogP contribution in [0.2, 0.25) is 0 Å².